The van der Waals surface area contributed by atoms with Gasteiger partial charge in [0.25, 0.3) is 0 Å². The SMILES string of the molecule is C=C1c2cc(CC(C)C)ccc2CN1c1ccc2c(ccn2C)c1. The van der Waals surface area contributed by atoms with Crippen molar-refractivity contribution in [1.29, 1.82) is 0 Å². The van der Waals surface area contributed by atoms with Gasteiger partial charge in [0.1, 0.15) is 0 Å². The fraction of sp³-hybridized carbons (Fsp3) is 0.273. The maximum Gasteiger partial charge on any atom is 0.0488 e. The molecule has 2 nitrogen and oxygen atoms in total. The van der Waals surface area contributed by atoms with Gasteiger partial charge in [0, 0.05) is 47.6 Å². The minimum Gasteiger partial charge on any atom is -0.351 e. The van der Waals surface area contributed by atoms with E-state index in [1.165, 1.54) is 33.3 Å². The number of hydrogen-bond donors (Lipinski definition) is 0. The average molecular weight is 316 g/mol. The first-order valence-electron chi connectivity index (χ1n) is 8.66. The first-order chi connectivity index (χ1) is 11.5. The molecule has 0 fully saturated rings. The first kappa shape index (κ1) is 15.1. The van der Waals surface area contributed by atoms with Crippen LogP contribution in [0.4, 0.5) is 5.69 Å². The monoisotopic (exact) mass is 316 g/mol. The smallest absolute Gasteiger partial charge is 0.0488 e. The molecule has 24 heavy (non-hydrogen) atoms. The van der Waals surface area contributed by atoms with Crippen molar-refractivity contribution in [3.8, 4) is 0 Å². The summed E-state index contributed by atoms with van der Waals surface area (Å²) in [6, 6.07) is 15.7. The largest absolute Gasteiger partial charge is 0.351 e. The van der Waals surface area contributed by atoms with E-state index < -0.39 is 0 Å². The third kappa shape index (κ3) is 2.43. The molecule has 2 heterocycles. The molecule has 0 atom stereocenters. The Kier molecular flexibility index (Phi) is 3.49. The highest BCUT2D eigenvalue weighted by molar-refractivity contribution is 5.89. The number of hydrogen-bond acceptors (Lipinski definition) is 1. The molecule has 1 aromatic heterocycles. The normalized spacial score (nSPS) is 14.0. The van der Waals surface area contributed by atoms with Gasteiger partial charge >= 0.3 is 0 Å². The number of benzene rings is 2. The van der Waals surface area contributed by atoms with E-state index in [9.17, 15) is 0 Å². The standard InChI is InChI=1S/C22H24N2/c1-15(2)11-17-5-6-19-14-24(16(3)21(19)12-17)20-7-8-22-18(13-20)9-10-23(22)4/h5-10,12-13,15H,3,11,14H2,1-2,4H3. The second-order valence-corrected chi connectivity index (χ2v) is 7.29. The summed E-state index contributed by atoms with van der Waals surface area (Å²) < 4.78 is 2.16. The number of aromatic nitrogens is 1. The highest BCUT2D eigenvalue weighted by atomic mass is 15.2. The van der Waals surface area contributed by atoms with E-state index in [-0.39, 0.29) is 0 Å². The maximum atomic E-state index is 4.38. The van der Waals surface area contributed by atoms with Crippen molar-refractivity contribution in [2.24, 2.45) is 13.0 Å². The van der Waals surface area contributed by atoms with Crippen molar-refractivity contribution in [2.75, 3.05) is 4.90 Å². The van der Waals surface area contributed by atoms with Gasteiger partial charge in [-0.1, -0.05) is 32.6 Å². The molecule has 2 heteroatoms. The number of fused-ring (bicyclic) bond motifs is 2. The summed E-state index contributed by atoms with van der Waals surface area (Å²) in [7, 11) is 2.09. The molecule has 0 saturated carbocycles. The molecule has 0 bridgehead atoms. The van der Waals surface area contributed by atoms with Crippen molar-refractivity contribution in [3.05, 3.63) is 71.9 Å². The second kappa shape index (κ2) is 5.55. The minimum atomic E-state index is 0.675. The van der Waals surface area contributed by atoms with E-state index in [0.29, 0.717) is 5.92 Å². The minimum absolute atomic E-state index is 0.675. The van der Waals surface area contributed by atoms with Gasteiger partial charge in [-0.25, -0.2) is 0 Å². The fourth-order valence-electron chi connectivity index (χ4n) is 3.72. The number of anilines is 1. The Morgan fingerprint density at radius 1 is 1.08 bits per heavy atom. The summed E-state index contributed by atoms with van der Waals surface area (Å²) in [6.07, 6.45) is 3.23. The van der Waals surface area contributed by atoms with Crippen molar-refractivity contribution in [3.63, 3.8) is 0 Å². The van der Waals surface area contributed by atoms with Crippen LogP contribution in [0.5, 0.6) is 0 Å². The zero-order valence-electron chi connectivity index (χ0n) is 14.7. The van der Waals surface area contributed by atoms with Gasteiger partial charge in [0.05, 0.1) is 0 Å². The highest BCUT2D eigenvalue weighted by Crippen LogP contribution is 2.37. The van der Waals surface area contributed by atoms with Gasteiger partial charge in [-0.05, 0) is 53.8 Å². The van der Waals surface area contributed by atoms with Gasteiger partial charge in [0.2, 0.25) is 0 Å². The van der Waals surface area contributed by atoms with E-state index in [0.717, 1.165) is 18.7 Å². The summed E-state index contributed by atoms with van der Waals surface area (Å²) >= 11 is 0. The number of nitrogens with zero attached hydrogens (tertiary/aromatic N) is 2. The van der Waals surface area contributed by atoms with Crippen molar-refractivity contribution in [1.82, 2.24) is 4.57 Å². The van der Waals surface area contributed by atoms with Crippen LogP contribution in [-0.4, -0.2) is 4.57 Å². The molecule has 0 amide bonds. The van der Waals surface area contributed by atoms with E-state index >= 15 is 0 Å². The van der Waals surface area contributed by atoms with Gasteiger partial charge in [-0.15, -0.1) is 0 Å². The molecule has 1 aliphatic heterocycles. The molecule has 0 N–H and O–H groups in total. The molecule has 0 spiro atoms. The molecule has 1 aliphatic rings. The fourth-order valence-corrected chi connectivity index (χ4v) is 3.72. The summed E-state index contributed by atoms with van der Waals surface area (Å²) in [4.78, 5) is 2.33. The predicted octanol–water partition coefficient (Wildman–Crippen LogP) is 5.37. The van der Waals surface area contributed by atoms with Crippen LogP contribution in [0.1, 0.15) is 30.5 Å². The molecule has 122 valence electrons. The van der Waals surface area contributed by atoms with Crippen molar-refractivity contribution < 1.29 is 0 Å². The summed E-state index contributed by atoms with van der Waals surface area (Å²) in [6.45, 7) is 9.83. The van der Waals surface area contributed by atoms with Crippen molar-refractivity contribution >= 4 is 22.3 Å². The van der Waals surface area contributed by atoms with Gasteiger partial charge in [0.15, 0.2) is 0 Å². The van der Waals surface area contributed by atoms with Crippen LogP contribution in [0.2, 0.25) is 0 Å². The van der Waals surface area contributed by atoms with Gasteiger partial charge in [-0.3, -0.25) is 0 Å². The van der Waals surface area contributed by atoms with Crippen LogP contribution in [0.3, 0.4) is 0 Å². The molecule has 0 unspecified atom stereocenters. The van der Waals surface area contributed by atoms with Crippen LogP contribution in [0.25, 0.3) is 16.6 Å². The van der Waals surface area contributed by atoms with Crippen LogP contribution >= 0.6 is 0 Å². The molecule has 0 saturated heterocycles. The Hall–Kier alpha value is -2.48. The highest BCUT2D eigenvalue weighted by Gasteiger charge is 2.24. The maximum absolute atomic E-state index is 4.38. The van der Waals surface area contributed by atoms with E-state index in [1.807, 2.05) is 0 Å². The van der Waals surface area contributed by atoms with Gasteiger partial charge < -0.3 is 9.47 Å². The third-order valence-electron chi connectivity index (χ3n) is 4.96. The predicted molar refractivity (Wildman–Crippen MR) is 103 cm³/mol. The zero-order valence-corrected chi connectivity index (χ0v) is 14.7. The van der Waals surface area contributed by atoms with Crippen LogP contribution < -0.4 is 4.90 Å². The lowest BCUT2D eigenvalue weighted by molar-refractivity contribution is 0.647. The Labute approximate surface area is 144 Å². The Balaban J connectivity index is 1.68. The lowest BCUT2D eigenvalue weighted by atomic mass is 9.98. The van der Waals surface area contributed by atoms with Crippen LogP contribution in [-0.2, 0) is 20.0 Å². The number of rotatable bonds is 3. The molecule has 0 radical (unpaired) electrons. The van der Waals surface area contributed by atoms with E-state index in [4.69, 9.17) is 0 Å². The number of aryl methyl sites for hydroxylation is 1. The average Bonchev–Trinajstić information content (AvgIpc) is 3.08. The Morgan fingerprint density at radius 2 is 1.92 bits per heavy atom. The van der Waals surface area contributed by atoms with E-state index in [2.05, 4.69) is 85.6 Å². The summed E-state index contributed by atoms with van der Waals surface area (Å²) in [5, 5.41) is 1.28. The Morgan fingerprint density at radius 3 is 2.71 bits per heavy atom. The first-order valence-corrected chi connectivity index (χ1v) is 8.66. The lowest BCUT2D eigenvalue weighted by Gasteiger charge is -2.20. The van der Waals surface area contributed by atoms with Crippen molar-refractivity contribution in [2.45, 2.75) is 26.8 Å². The molecule has 3 aromatic rings. The summed E-state index contributed by atoms with van der Waals surface area (Å²) in [5.74, 6) is 0.675. The molecule has 0 aliphatic carbocycles. The third-order valence-corrected chi connectivity index (χ3v) is 4.96. The zero-order chi connectivity index (χ0) is 16.8. The quantitative estimate of drug-likeness (QED) is 0.631. The molecular weight excluding hydrogens is 292 g/mol. The molecule has 2 aromatic carbocycles. The van der Waals surface area contributed by atoms with Gasteiger partial charge in [-0.2, -0.15) is 0 Å². The second-order valence-electron chi connectivity index (χ2n) is 7.29. The molecular formula is C22H24N2. The topological polar surface area (TPSA) is 8.17 Å². The van der Waals surface area contributed by atoms with Crippen LogP contribution in [0.15, 0.2) is 55.2 Å². The summed E-state index contributed by atoms with van der Waals surface area (Å²) in [5.41, 5.74) is 7.69. The van der Waals surface area contributed by atoms with E-state index in [1.54, 1.807) is 0 Å². The molecule has 4 rings (SSSR count). The van der Waals surface area contributed by atoms with Crippen LogP contribution in [0, 0.1) is 5.92 Å². The Bertz CT molecular complexity index is 930. The lowest BCUT2D eigenvalue weighted by Crippen LogP contribution is -2.12.